The van der Waals surface area contributed by atoms with Crippen molar-refractivity contribution >= 4 is 21.9 Å². The van der Waals surface area contributed by atoms with Gasteiger partial charge in [-0.25, -0.2) is 4.57 Å². The number of nitrogens with zero attached hydrogens (tertiary/aromatic N) is 2. The number of pyridine rings is 1. The number of aromatic nitrogens is 1. The van der Waals surface area contributed by atoms with E-state index in [0.717, 1.165) is 44.3 Å². The van der Waals surface area contributed by atoms with Crippen molar-refractivity contribution in [3.63, 3.8) is 0 Å². The number of aryl methyl sites for hydroxylation is 1. The van der Waals surface area contributed by atoms with Crippen molar-refractivity contribution in [1.29, 1.82) is 5.26 Å². The minimum Gasteiger partial charge on any atom is -0.454 e. The van der Waals surface area contributed by atoms with Gasteiger partial charge in [0.05, 0.1) is 17.2 Å². The molecule has 0 aliphatic heterocycles. The molecule has 38 heavy (non-hydrogen) atoms. The van der Waals surface area contributed by atoms with Gasteiger partial charge in [0, 0.05) is 33.9 Å². The first kappa shape index (κ1) is 21.4. The summed E-state index contributed by atoms with van der Waals surface area (Å²) < 4.78 is 16.9. The molecule has 0 spiro atoms. The average molecular weight is 493 g/mol. The summed E-state index contributed by atoms with van der Waals surface area (Å²) in [7, 11) is 1.90. The average Bonchev–Trinajstić information content (AvgIpc) is 3.42. The Morgan fingerprint density at radius 1 is 0.816 bits per heavy atom. The van der Waals surface area contributed by atoms with Crippen molar-refractivity contribution in [2.75, 3.05) is 0 Å². The minimum atomic E-state index is -0.0811. The highest BCUT2D eigenvalue weighted by molar-refractivity contribution is 6.14. The van der Waals surface area contributed by atoms with Gasteiger partial charge >= 0.3 is 0 Å². The van der Waals surface area contributed by atoms with Gasteiger partial charge in [-0.1, -0.05) is 62.4 Å². The van der Waals surface area contributed by atoms with Crippen LogP contribution in [0, 0.1) is 18.3 Å². The normalized spacial score (nSPS) is 13.8. The molecule has 1 aliphatic rings. The molecular weight excluding hydrogens is 464 g/mol. The summed E-state index contributed by atoms with van der Waals surface area (Å²) in [6.07, 6.45) is 0.425. The highest BCUT2D eigenvalue weighted by atomic mass is 16.3. The smallest absolute Gasteiger partial charge is 0.216 e. The van der Waals surface area contributed by atoms with Crippen molar-refractivity contribution in [3.8, 4) is 39.6 Å². The Labute approximate surface area is 223 Å². The predicted octanol–water partition coefficient (Wildman–Crippen LogP) is 8.23. The van der Waals surface area contributed by atoms with Gasteiger partial charge in [0.25, 0.3) is 0 Å². The van der Waals surface area contributed by atoms with Crippen LogP contribution >= 0.6 is 0 Å². The van der Waals surface area contributed by atoms with E-state index in [9.17, 15) is 5.26 Å². The van der Waals surface area contributed by atoms with E-state index in [4.69, 9.17) is 5.79 Å². The molecule has 4 aromatic carbocycles. The zero-order valence-corrected chi connectivity index (χ0v) is 21.9. The zero-order chi connectivity index (χ0) is 27.1. The van der Waals surface area contributed by atoms with E-state index in [1.807, 2.05) is 35.9 Å². The summed E-state index contributed by atoms with van der Waals surface area (Å²) in [5.41, 5.74) is 11.8. The van der Waals surface area contributed by atoms with E-state index in [-0.39, 0.29) is 5.41 Å². The second kappa shape index (κ2) is 7.91. The molecule has 0 atom stereocenters. The molecule has 0 radical (unpaired) electrons. The van der Waals surface area contributed by atoms with E-state index < -0.39 is 0 Å². The molecule has 182 valence electrons. The third-order valence-corrected chi connectivity index (χ3v) is 8.25. The number of furan rings is 1. The van der Waals surface area contributed by atoms with Crippen LogP contribution in [0.5, 0.6) is 0 Å². The maximum Gasteiger partial charge on any atom is 0.216 e. The number of rotatable bonds is 2. The van der Waals surface area contributed by atoms with Crippen LogP contribution in [0.1, 0.15) is 37.5 Å². The van der Waals surface area contributed by atoms with Crippen molar-refractivity contribution in [2.24, 2.45) is 7.05 Å². The lowest BCUT2D eigenvalue weighted by Crippen LogP contribution is -2.30. The lowest BCUT2D eigenvalue weighted by molar-refractivity contribution is -0.660. The number of hydrogen-bond acceptors (Lipinski definition) is 2. The van der Waals surface area contributed by atoms with Crippen LogP contribution in [0.4, 0.5) is 0 Å². The summed E-state index contributed by atoms with van der Waals surface area (Å²) in [4.78, 5) is 0. The summed E-state index contributed by atoms with van der Waals surface area (Å²) in [5.74, 6) is 0. The van der Waals surface area contributed by atoms with E-state index in [1.165, 1.54) is 22.3 Å². The predicted molar refractivity (Wildman–Crippen MR) is 153 cm³/mol. The molecule has 6 aromatic rings. The zero-order valence-electron chi connectivity index (χ0n) is 22.9. The molecule has 0 bridgehead atoms. The van der Waals surface area contributed by atoms with Crippen LogP contribution in [0.2, 0.25) is 0 Å². The number of hydrogen-bond donors (Lipinski definition) is 0. The fraction of sp³-hybridized carbons (Fsp3) is 0.143. The van der Waals surface area contributed by atoms with Gasteiger partial charge in [0.2, 0.25) is 5.69 Å². The Hall–Kier alpha value is -4.68. The number of nitriles is 1. The van der Waals surface area contributed by atoms with Crippen molar-refractivity contribution < 1.29 is 10.4 Å². The van der Waals surface area contributed by atoms with Crippen LogP contribution < -0.4 is 4.57 Å². The van der Waals surface area contributed by atoms with Crippen molar-refractivity contribution in [3.05, 3.63) is 113 Å². The van der Waals surface area contributed by atoms with Gasteiger partial charge < -0.3 is 4.42 Å². The Morgan fingerprint density at radius 2 is 1.53 bits per heavy atom. The summed E-state index contributed by atoms with van der Waals surface area (Å²) in [6.45, 7) is 6.61. The molecule has 0 N–H and O–H groups in total. The van der Waals surface area contributed by atoms with E-state index in [2.05, 4.69) is 81.4 Å². The molecule has 1 aliphatic carbocycles. The molecule has 0 saturated carbocycles. The summed E-state index contributed by atoms with van der Waals surface area (Å²) in [5, 5.41) is 12.2. The largest absolute Gasteiger partial charge is 0.454 e. The molecule has 2 aromatic heterocycles. The molecule has 0 fully saturated rings. The third-order valence-electron chi connectivity index (χ3n) is 8.25. The molecule has 0 amide bonds. The first-order valence-electron chi connectivity index (χ1n) is 13.4. The second-order valence-corrected chi connectivity index (χ2v) is 10.7. The quantitative estimate of drug-likeness (QED) is 0.228. The Bertz CT molecular complexity index is 2040. The molecular formula is C35H27N2O+. The lowest BCUT2D eigenvalue weighted by Gasteiger charge is -2.21. The Morgan fingerprint density at radius 3 is 2.34 bits per heavy atom. The van der Waals surface area contributed by atoms with Gasteiger partial charge in [0.15, 0.2) is 6.17 Å². The highest BCUT2D eigenvalue weighted by Gasteiger charge is 2.35. The lowest BCUT2D eigenvalue weighted by atomic mass is 9.82. The van der Waals surface area contributed by atoms with Gasteiger partial charge in [-0.05, 0) is 64.6 Å². The second-order valence-electron chi connectivity index (χ2n) is 10.7. The van der Waals surface area contributed by atoms with Crippen molar-refractivity contribution in [1.82, 2.24) is 0 Å². The van der Waals surface area contributed by atoms with Crippen LogP contribution in [0.3, 0.4) is 0 Å². The third kappa shape index (κ3) is 2.98. The van der Waals surface area contributed by atoms with Crippen LogP contribution in [0.15, 0.2) is 95.5 Å². The molecule has 2 heterocycles. The monoisotopic (exact) mass is 492 g/mol. The number of fused-ring (bicyclic) bond motifs is 6. The van der Waals surface area contributed by atoms with E-state index in [1.54, 1.807) is 6.07 Å². The van der Waals surface area contributed by atoms with Crippen LogP contribution in [-0.2, 0) is 12.5 Å². The molecule has 3 heteroatoms. The topological polar surface area (TPSA) is 40.8 Å². The van der Waals surface area contributed by atoms with Gasteiger partial charge in [-0.2, -0.15) is 5.26 Å². The van der Waals surface area contributed by atoms with Crippen LogP contribution in [-0.4, -0.2) is 0 Å². The molecule has 0 saturated heterocycles. The van der Waals surface area contributed by atoms with E-state index in [0.29, 0.717) is 17.3 Å². The van der Waals surface area contributed by atoms with Crippen LogP contribution in [0.25, 0.3) is 55.4 Å². The Kier molecular flexibility index (Phi) is 4.46. The fourth-order valence-electron chi connectivity index (χ4n) is 6.30. The van der Waals surface area contributed by atoms with E-state index >= 15 is 0 Å². The first-order chi connectivity index (χ1) is 18.8. The van der Waals surface area contributed by atoms with Gasteiger partial charge in [-0.3, -0.25) is 0 Å². The van der Waals surface area contributed by atoms with Gasteiger partial charge in [-0.15, -0.1) is 0 Å². The summed E-state index contributed by atoms with van der Waals surface area (Å²) in [6, 6.07) is 31.4. The standard InChI is InChI=1S/C35H27N2O/c1-21-12-15-25-26-16-13-23(20-36)32(34(26)38-33(25)31(21)30-11-7-8-18-37(30)4)22-14-17-29-27(19-22)24-9-5-6-10-28(24)35(29,2)3/h5-19H,1-4H3/q+1/i18D. The fourth-order valence-corrected chi connectivity index (χ4v) is 6.30. The molecule has 7 rings (SSSR count). The molecule has 0 unspecified atom stereocenters. The highest BCUT2D eigenvalue weighted by Crippen LogP contribution is 2.50. The number of benzene rings is 4. The minimum absolute atomic E-state index is 0.0811. The maximum absolute atomic E-state index is 10.2. The SMILES string of the molecule is [2H]c1cccc(-c2c(C)ccc3c2oc2c(-c4ccc5c(c4)-c4ccccc4C5(C)C)c(C#N)ccc23)[n+]1C. The Balaban J connectivity index is 1.54. The van der Waals surface area contributed by atoms with Crippen molar-refractivity contribution in [2.45, 2.75) is 26.2 Å². The van der Waals surface area contributed by atoms with Gasteiger partial charge in [0.1, 0.15) is 19.6 Å². The summed E-state index contributed by atoms with van der Waals surface area (Å²) >= 11 is 0. The first-order valence-corrected chi connectivity index (χ1v) is 12.9. The maximum atomic E-state index is 10.2. The molecule has 3 nitrogen and oxygen atoms in total.